The van der Waals surface area contributed by atoms with Crippen LogP contribution in [-0.2, 0) is 12.8 Å². The average Bonchev–Trinajstić information content (AvgIpc) is 3.10. The lowest BCUT2D eigenvalue weighted by Crippen LogP contribution is -2.11. The molecule has 1 aliphatic rings. The third-order valence-corrected chi connectivity index (χ3v) is 4.06. The predicted octanol–water partition coefficient (Wildman–Crippen LogP) is 3.14. The number of fused-ring (bicyclic) bond motifs is 1. The fourth-order valence-electron chi connectivity index (χ4n) is 2.85. The van der Waals surface area contributed by atoms with Gasteiger partial charge in [0.15, 0.2) is 5.82 Å². The molecule has 3 rings (SSSR count). The summed E-state index contributed by atoms with van der Waals surface area (Å²) in [5.41, 5.74) is 8.88. The number of nitrogens with zero attached hydrogens (tertiary/aromatic N) is 2. The molecule has 4 heteroatoms. The van der Waals surface area contributed by atoms with Crippen LogP contribution < -0.4 is 5.73 Å². The second kappa shape index (κ2) is 5.75. The highest BCUT2D eigenvalue weighted by molar-refractivity contribution is 5.34. The molecular weight excluding hydrogens is 250 g/mol. The lowest BCUT2D eigenvalue weighted by Gasteiger charge is -2.04. The van der Waals surface area contributed by atoms with E-state index >= 15 is 0 Å². The zero-order valence-electron chi connectivity index (χ0n) is 11.9. The Morgan fingerprint density at radius 1 is 1.30 bits per heavy atom. The summed E-state index contributed by atoms with van der Waals surface area (Å²) in [5, 5.41) is 4.14. The van der Waals surface area contributed by atoms with Gasteiger partial charge in [-0.05, 0) is 30.4 Å². The van der Waals surface area contributed by atoms with Gasteiger partial charge in [-0.25, -0.2) is 0 Å². The lowest BCUT2D eigenvalue weighted by molar-refractivity contribution is 0.341. The zero-order valence-corrected chi connectivity index (χ0v) is 11.9. The Balaban J connectivity index is 1.69. The highest BCUT2D eigenvalue weighted by Gasteiger charge is 2.27. The number of rotatable bonds is 5. The van der Waals surface area contributed by atoms with E-state index in [-0.39, 0.29) is 6.04 Å². The van der Waals surface area contributed by atoms with Crippen LogP contribution in [0.25, 0.3) is 0 Å². The summed E-state index contributed by atoms with van der Waals surface area (Å²) in [7, 11) is 0. The van der Waals surface area contributed by atoms with Gasteiger partial charge in [0.25, 0.3) is 0 Å². The number of unbranched alkanes of at least 4 members (excludes halogenated alkanes) is 1. The second-order valence-corrected chi connectivity index (χ2v) is 5.61. The Kier molecular flexibility index (Phi) is 3.83. The van der Waals surface area contributed by atoms with Crippen LogP contribution in [0, 0.1) is 0 Å². The summed E-state index contributed by atoms with van der Waals surface area (Å²) >= 11 is 0. The minimum Gasteiger partial charge on any atom is -0.338 e. The van der Waals surface area contributed by atoms with Crippen molar-refractivity contribution in [3.63, 3.8) is 0 Å². The van der Waals surface area contributed by atoms with Crippen molar-refractivity contribution in [2.75, 3.05) is 0 Å². The molecule has 0 radical (unpaired) electrons. The van der Waals surface area contributed by atoms with Crippen LogP contribution in [0.2, 0.25) is 0 Å². The molecule has 1 aromatic heterocycles. The molecule has 106 valence electrons. The van der Waals surface area contributed by atoms with E-state index < -0.39 is 0 Å². The fourth-order valence-corrected chi connectivity index (χ4v) is 2.85. The van der Waals surface area contributed by atoms with Crippen molar-refractivity contribution in [3.05, 3.63) is 47.1 Å². The first-order valence-electron chi connectivity index (χ1n) is 7.43. The van der Waals surface area contributed by atoms with Crippen LogP contribution in [0.15, 0.2) is 28.8 Å². The smallest absolute Gasteiger partial charge is 0.243 e. The van der Waals surface area contributed by atoms with Crippen LogP contribution in [0.4, 0.5) is 0 Å². The number of benzene rings is 1. The van der Waals surface area contributed by atoms with Gasteiger partial charge in [0.2, 0.25) is 5.89 Å². The van der Waals surface area contributed by atoms with Crippen LogP contribution in [0.3, 0.4) is 0 Å². The topological polar surface area (TPSA) is 64.9 Å². The van der Waals surface area contributed by atoms with Crippen molar-refractivity contribution in [2.45, 2.75) is 51.0 Å². The molecule has 0 aliphatic heterocycles. The molecule has 0 spiro atoms. The predicted molar refractivity (Wildman–Crippen MR) is 77.3 cm³/mol. The minimum atomic E-state index is -0.125. The van der Waals surface area contributed by atoms with E-state index in [1.165, 1.54) is 11.1 Å². The summed E-state index contributed by atoms with van der Waals surface area (Å²) in [6.07, 6.45) is 5.13. The molecule has 0 bridgehead atoms. The molecule has 0 saturated carbocycles. The van der Waals surface area contributed by atoms with E-state index in [0.29, 0.717) is 11.8 Å². The molecule has 2 aromatic rings. The largest absolute Gasteiger partial charge is 0.338 e. The Morgan fingerprint density at radius 2 is 2.00 bits per heavy atom. The molecule has 4 nitrogen and oxygen atoms in total. The third kappa shape index (κ3) is 2.61. The van der Waals surface area contributed by atoms with Crippen molar-refractivity contribution < 1.29 is 4.52 Å². The maximum atomic E-state index is 6.08. The van der Waals surface area contributed by atoms with Crippen molar-refractivity contribution in [1.82, 2.24) is 10.1 Å². The van der Waals surface area contributed by atoms with Gasteiger partial charge in [0.1, 0.15) is 0 Å². The molecule has 1 heterocycles. The fraction of sp³-hybridized carbons (Fsp3) is 0.500. The summed E-state index contributed by atoms with van der Waals surface area (Å²) in [6.45, 7) is 2.15. The highest BCUT2D eigenvalue weighted by atomic mass is 16.5. The quantitative estimate of drug-likeness (QED) is 0.907. The zero-order chi connectivity index (χ0) is 13.9. The standard InChI is InChI=1S/C16H21N3O/c1-2-3-8-14(17)16-18-15(19-20-16)13-9-11-6-4-5-7-12(11)10-13/h4-7,13-14H,2-3,8-10,17H2,1H3/t14-/m0/s1. The van der Waals surface area contributed by atoms with Gasteiger partial charge in [-0.15, -0.1) is 0 Å². The molecule has 1 aromatic carbocycles. The van der Waals surface area contributed by atoms with Crippen molar-refractivity contribution in [2.24, 2.45) is 5.73 Å². The number of nitrogens with two attached hydrogens (primary N) is 1. The molecule has 0 saturated heterocycles. The van der Waals surface area contributed by atoms with Gasteiger partial charge in [-0.2, -0.15) is 4.98 Å². The maximum absolute atomic E-state index is 6.08. The molecule has 2 N–H and O–H groups in total. The van der Waals surface area contributed by atoms with Gasteiger partial charge in [-0.1, -0.05) is 49.2 Å². The van der Waals surface area contributed by atoms with Crippen molar-refractivity contribution >= 4 is 0 Å². The van der Waals surface area contributed by atoms with E-state index in [1.54, 1.807) is 0 Å². The average molecular weight is 271 g/mol. The maximum Gasteiger partial charge on any atom is 0.243 e. The van der Waals surface area contributed by atoms with Crippen LogP contribution >= 0.6 is 0 Å². The second-order valence-electron chi connectivity index (χ2n) is 5.61. The Hall–Kier alpha value is -1.68. The van der Waals surface area contributed by atoms with Gasteiger partial charge in [0, 0.05) is 5.92 Å². The van der Waals surface area contributed by atoms with E-state index in [4.69, 9.17) is 10.3 Å². The first kappa shape index (κ1) is 13.3. The lowest BCUT2D eigenvalue weighted by atomic mass is 10.1. The van der Waals surface area contributed by atoms with Crippen molar-refractivity contribution in [1.29, 1.82) is 0 Å². The van der Waals surface area contributed by atoms with E-state index in [1.807, 2.05) is 0 Å². The number of aromatic nitrogens is 2. The minimum absolute atomic E-state index is 0.125. The van der Waals surface area contributed by atoms with Gasteiger partial charge < -0.3 is 10.3 Å². The third-order valence-electron chi connectivity index (χ3n) is 4.06. The van der Waals surface area contributed by atoms with E-state index in [0.717, 1.165) is 37.9 Å². The monoisotopic (exact) mass is 271 g/mol. The number of hydrogen-bond donors (Lipinski definition) is 1. The first-order chi connectivity index (χ1) is 9.78. The van der Waals surface area contributed by atoms with Crippen LogP contribution in [-0.4, -0.2) is 10.1 Å². The SMILES string of the molecule is CCCC[C@H](N)c1nc(C2Cc3ccccc3C2)no1. The summed E-state index contributed by atoms with van der Waals surface area (Å²) in [6, 6.07) is 8.42. The van der Waals surface area contributed by atoms with E-state index in [2.05, 4.69) is 41.3 Å². The molecule has 0 unspecified atom stereocenters. The molecule has 0 amide bonds. The summed E-state index contributed by atoms with van der Waals surface area (Å²) < 4.78 is 5.35. The molecular formula is C16H21N3O. The molecule has 0 fully saturated rings. The van der Waals surface area contributed by atoms with Gasteiger partial charge in [0.05, 0.1) is 6.04 Å². The van der Waals surface area contributed by atoms with Gasteiger partial charge >= 0.3 is 0 Å². The summed E-state index contributed by atoms with van der Waals surface area (Å²) in [5.74, 6) is 1.73. The molecule has 1 aliphatic carbocycles. The molecule has 1 atom stereocenters. The van der Waals surface area contributed by atoms with Crippen LogP contribution in [0.5, 0.6) is 0 Å². The van der Waals surface area contributed by atoms with E-state index in [9.17, 15) is 0 Å². The highest BCUT2D eigenvalue weighted by Crippen LogP contribution is 2.32. The first-order valence-corrected chi connectivity index (χ1v) is 7.43. The Morgan fingerprint density at radius 3 is 2.65 bits per heavy atom. The van der Waals surface area contributed by atoms with Crippen LogP contribution in [0.1, 0.15) is 61.0 Å². The normalized spacial score (nSPS) is 16.3. The Labute approximate surface area is 119 Å². The summed E-state index contributed by atoms with van der Waals surface area (Å²) in [4.78, 5) is 4.53. The van der Waals surface area contributed by atoms with Gasteiger partial charge in [-0.3, -0.25) is 0 Å². The Bertz CT molecular complexity index is 554. The molecule has 20 heavy (non-hydrogen) atoms. The number of hydrogen-bond acceptors (Lipinski definition) is 4. The van der Waals surface area contributed by atoms with Crippen molar-refractivity contribution in [3.8, 4) is 0 Å².